The third kappa shape index (κ3) is 229. The SMILES string of the molecule is CC.CC.ClCCl.[Na+].[OH-]. The van der Waals surface area contributed by atoms with Crippen molar-refractivity contribution in [2.24, 2.45) is 0 Å². The van der Waals surface area contributed by atoms with Gasteiger partial charge in [0.1, 0.15) is 0 Å². The van der Waals surface area contributed by atoms with Crippen molar-refractivity contribution in [2.45, 2.75) is 27.7 Å². The maximum atomic E-state index is 4.76. The number of alkyl halides is 2. The summed E-state index contributed by atoms with van der Waals surface area (Å²) in [7, 11) is 0. The van der Waals surface area contributed by atoms with Gasteiger partial charge >= 0.3 is 29.6 Å². The van der Waals surface area contributed by atoms with Gasteiger partial charge in [-0.25, -0.2) is 0 Å². The first-order chi connectivity index (χ1) is 3.41. The number of rotatable bonds is 0. The fourth-order valence-corrected chi connectivity index (χ4v) is 0. The monoisotopic (exact) mass is 184 g/mol. The van der Waals surface area contributed by atoms with Crippen molar-refractivity contribution in [2.75, 3.05) is 5.34 Å². The quantitative estimate of drug-likeness (QED) is 0.394. The minimum absolute atomic E-state index is 0. The van der Waals surface area contributed by atoms with Crippen LogP contribution in [0.15, 0.2) is 0 Å². The van der Waals surface area contributed by atoms with Crippen LogP contribution in [0.2, 0.25) is 0 Å². The number of hydrogen-bond donors (Lipinski definition) is 0. The van der Waals surface area contributed by atoms with Gasteiger partial charge < -0.3 is 5.48 Å². The maximum Gasteiger partial charge on any atom is 1.00 e. The van der Waals surface area contributed by atoms with Gasteiger partial charge in [0.2, 0.25) is 0 Å². The smallest absolute Gasteiger partial charge is 0.870 e. The van der Waals surface area contributed by atoms with Gasteiger partial charge in [-0.05, 0) is 0 Å². The summed E-state index contributed by atoms with van der Waals surface area (Å²) in [4.78, 5) is 0. The molecule has 0 heterocycles. The fourth-order valence-electron chi connectivity index (χ4n) is 0. The molecule has 0 atom stereocenters. The third-order valence-corrected chi connectivity index (χ3v) is 0. The normalized spacial score (nSPS) is 3.33. The van der Waals surface area contributed by atoms with Gasteiger partial charge in [0.15, 0.2) is 0 Å². The first kappa shape index (κ1) is 31.3. The molecule has 1 nitrogen and oxygen atoms in total. The van der Waals surface area contributed by atoms with Crippen molar-refractivity contribution < 1.29 is 35.0 Å². The van der Waals surface area contributed by atoms with Gasteiger partial charge in [-0.15, -0.1) is 23.2 Å². The van der Waals surface area contributed by atoms with E-state index in [9.17, 15) is 0 Å². The molecule has 0 saturated heterocycles. The van der Waals surface area contributed by atoms with E-state index in [0.29, 0.717) is 0 Å². The molecule has 0 aromatic heterocycles. The summed E-state index contributed by atoms with van der Waals surface area (Å²) >= 11 is 9.53. The first-order valence-electron chi connectivity index (χ1n) is 2.53. The zero-order chi connectivity index (χ0) is 6.71. The van der Waals surface area contributed by atoms with Crippen molar-refractivity contribution >= 4 is 23.2 Å². The Morgan fingerprint density at radius 2 is 0.889 bits per heavy atom. The molecule has 0 saturated carbocycles. The predicted octanol–water partition coefficient (Wildman–Crippen LogP) is 0.301. The summed E-state index contributed by atoms with van der Waals surface area (Å²) < 4.78 is 0. The van der Waals surface area contributed by atoms with E-state index in [4.69, 9.17) is 23.2 Å². The Balaban J connectivity index is -0.00000000825. The van der Waals surface area contributed by atoms with Crippen molar-refractivity contribution in [1.82, 2.24) is 0 Å². The van der Waals surface area contributed by atoms with Crippen LogP contribution in [0.4, 0.5) is 0 Å². The molecule has 0 aromatic carbocycles. The molecule has 0 fully saturated rings. The van der Waals surface area contributed by atoms with Gasteiger partial charge in [0.05, 0.1) is 5.34 Å². The maximum absolute atomic E-state index is 4.76. The zero-order valence-electron chi connectivity index (χ0n) is 6.91. The molecule has 0 spiro atoms. The third-order valence-electron chi connectivity index (χ3n) is 0. The Hall–Kier alpha value is 1.54. The molecule has 0 amide bonds. The summed E-state index contributed by atoms with van der Waals surface area (Å²) in [5.41, 5.74) is 0. The average molecular weight is 185 g/mol. The minimum Gasteiger partial charge on any atom is -0.870 e. The topological polar surface area (TPSA) is 30.0 Å². The Kier molecular flexibility index (Phi) is 375. The molecule has 0 rings (SSSR count). The van der Waals surface area contributed by atoms with Gasteiger partial charge in [-0.1, -0.05) is 27.7 Å². The molecule has 0 unspecified atom stereocenters. The van der Waals surface area contributed by atoms with Crippen LogP contribution in [-0.2, 0) is 0 Å². The van der Waals surface area contributed by atoms with Gasteiger partial charge in [0.25, 0.3) is 0 Å². The molecule has 4 heteroatoms. The summed E-state index contributed by atoms with van der Waals surface area (Å²) in [6.07, 6.45) is 0. The summed E-state index contributed by atoms with van der Waals surface area (Å²) in [6.45, 7) is 8.00. The molecule has 0 aliphatic carbocycles. The summed E-state index contributed by atoms with van der Waals surface area (Å²) in [5.74, 6) is 0. The molecular formula is C5H15Cl2NaO. The number of halogens is 2. The van der Waals surface area contributed by atoms with Gasteiger partial charge in [0, 0.05) is 0 Å². The van der Waals surface area contributed by atoms with Crippen molar-refractivity contribution in [3.05, 3.63) is 0 Å². The molecule has 0 aliphatic rings. The summed E-state index contributed by atoms with van der Waals surface area (Å²) in [6, 6.07) is 0. The molecule has 56 valence electrons. The van der Waals surface area contributed by atoms with Crippen LogP contribution in [-0.4, -0.2) is 10.8 Å². The predicted molar refractivity (Wildman–Crippen MR) is 41.2 cm³/mol. The molecule has 0 bridgehead atoms. The standard InChI is InChI=1S/2C2H6.CH2Cl2.Na.H2O/c2*1-2;2-1-3;;/h2*1-2H3;1H2;;1H2/q;;;+1;/p-1. The number of hydrogen-bond acceptors (Lipinski definition) is 1. The van der Waals surface area contributed by atoms with Gasteiger partial charge in [-0.3, -0.25) is 0 Å². The van der Waals surface area contributed by atoms with E-state index >= 15 is 0 Å². The van der Waals surface area contributed by atoms with Crippen LogP contribution >= 0.6 is 23.2 Å². The van der Waals surface area contributed by atoms with E-state index < -0.39 is 0 Å². The Morgan fingerprint density at radius 3 is 0.889 bits per heavy atom. The second kappa shape index (κ2) is 108. The van der Waals surface area contributed by atoms with Crippen LogP contribution in [0, 0.1) is 0 Å². The second-order valence-corrected chi connectivity index (χ2v) is 0.909. The van der Waals surface area contributed by atoms with Crippen LogP contribution in [0.1, 0.15) is 27.7 Å². The molecule has 1 N–H and O–H groups in total. The van der Waals surface area contributed by atoms with Crippen LogP contribution in [0.5, 0.6) is 0 Å². The first-order valence-corrected chi connectivity index (χ1v) is 3.60. The van der Waals surface area contributed by atoms with Crippen LogP contribution in [0.3, 0.4) is 0 Å². The van der Waals surface area contributed by atoms with Crippen molar-refractivity contribution in [1.29, 1.82) is 0 Å². The molecule has 0 aliphatic heterocycles. The van der Waals surface area contributed by atoms with Crippen molar-refractivity contribution in [3.8, 4) is 0 Å². The molecule has 0 radical (unpaired) electrons. The minimum atomic E-state index is 0. The average Bonchev–Trinajstić information content (AvgIpc) is 1.78. The van der Waals surface area contributed by atoms with Crippen molar-refractivity contribution in [3.63, 3.8) is 0 Å². The molecule has 0 aromatic rings. The van der Waals surface area contributed by atoms with Crippen LogP contribution in [0.25, 0.3) is 0 Å². The Morgan fingerprint density at radius 1 is 0.889 bits per heavy atom. The zero-order valence-corrected chi connectivity index (χ0v) is 10.4. The van der Waals surface area contributed by atoms with Gasteiger partial charge in [-0.2, -0.15) is 0 Å². The van der Waals surface area contributed by atoms with E-state index in [2.05, 4.69) is 0 Å². The van der Waals surface area contributed by atoms with E-state index in [0.717, 1.165) is 0 Å². The molecule has 9 heavy (non-hydrogen) atoms. The largest absolute Gasteiger partial charge is 1.00 e. The Bertz CT molecular complexity index is 14.9. The van der Waals surface area contributed by atoms with E-state index in [-0.39, 0.29) is 40.4 Å². The van der Waals surface area contributed by atoms with E-state index in [1.54, 1.807) is 0 Å². The van der Waals surface area contributed by atoms with E-state index in [1.807, 2.05) is 27.7 Å². The summed E-state index contributed by atoms with van der Waals surface area (Å²) in [5, 5.41) is 0.194. The molecular weight excluding hydrogens is 170 g/mol. The fraction of sp³-hybridized carbons (Fsp3) is 1.00. The van der Waals surface area contributed by atoms with Crippen LogP contribution < -0.4 is 29.6 Å². The van der Waals surface area contributed by atoms with E-state index in [1.165, 1.54) is 0 Å². The Labute approximate surface area is 90.7 Å². The second-order valence-electron chi connectivity index (χ2n) is 0.101.